The minimum absolute atomic E-state index is 0. The van der Waals surface area contributed by atoms with Crippen molar-refractivity contribution in [3.63, 3.8) is 0 Å². The van der Waals surface area contributed by atoms with E-state index in [-0.39, 0.29) is 12.4 Å². The van der Waals surface area contributed by atoms with Gasteiger partial charge in [0.2, 0.25) is 0 Å². The van der Waals surface area contributed by atoms with Gasteiger partial charge in [0.25, 0.3) is 0 Å². The summed E-state index contributed by atoms with van der Waals surface area (Å²) in [5.74, 6) is 0. The van der Waals surface area contributed by atoms with Crippen LogP contribution in [0.5, 0.6) is 0 Å². The van der Waals surface area contributed by atoms with Gasteiger partial charge in [-0.3, -0.25) is 0 Å². The van der Waals surface area contributed by atoms with Crippen molar-refractivity contribution in [3.8, 4) is 0 Å². The topological polar surface area (TPSA) is 12.0 Å². The standard InChI is InChI=1S/C7H15IN.ClH/c1-4-5-8-7(2)6-9-3;/h9H,2,4-6H2,1,3H3;1H. The van der Waals surface area contributed by atoms with Crippen LogP contribution in [-0.4, -0.2) is 18.0 Å². The van der Waals surface area contributed by atoms with E-state index in [1.54, 1.807) is 0 Å². The molecule has 0 saturated carbocycles. The van der Waals surface area contributed by atoms with Crippen molar-refractivity contribution in [2.24, 2.45) is 0 Å². The van der Waals surface area contributed by atoms with Gasteiger partial charge in [-0.1, -0.05) is 13.5 Å². The summed E-state index contributed by atoms with van der Waals surface area (Å²) < 4.78 is 2.82. The molecule has 0 aliphatic carbocycles. The maximum atomic E-state index is 3.97. The molecule has 0 aromatic rings. The number of rotatable bonds is 5. The third-order valence-corrected chi connectivity index (χ3v) is 3.92. The Bertz CT molecular complexity index is 85.7. The zero-order valence-corrected chi connectivity index (χ0v) is 9.59. The number of halogens is 2. The van der Waals surface area contributed by atoms with Gasteiger partial charge in [-0.05, 0) is 21.5 Å². The van der Waals surface area contributed by atoms with E-state index in [0.717, 1.165) is 6.54 Å². The fourth-order valence-electron chi connectivity index (χ4n) is 0.467. The van der Waals surface area contributed by atoms with Crippen LogP contribution in [0.2, 0.25) is 0 Å². The van der Waals surface area contributed by atoms with E-state index in [1.807, 2.05) is 7.05 Å². The van der Waals surface area contributed by atoms with Gasteiger partial charge in [0.15, 0.2) is 0 Å². The van der Waals surface area contributed by atoms with Crippen molar-refractivity contribution in [2.45, 2.75) is 13.3 Å². The molecule has 63 valence electrons. The Kier molecular flexibility index (Phi) is 12.9. The highest BCUT2D eigenvalue weighted by Gasteiger charge is 1.89. The van der Waals surface area contributed by atoms with Crippen LogP contribution in [0.1, 0.15) is 13.3 Å². The fourth-order valence-corrected chi connectivity index (χ4v) is 2.42. The molecule has 0 unspecified atom stereocenters. The molecule has 0 spiro atoms. The molecule has 0 rings (SSSR count). The van der Waals surface area contributed by atoms with Crippen LogP contribution in [0.15, 0.2) is 10.2 Å². The van der Waals surface area contributed by atoms with Gasteiger partial charge in [-0.2, -0.15) is 0 Å². The summed E-state index contributed by atoms with van der Waals surface area (Å²) >= 11 is 0.299. The number of alkyl halides is 1. The Morgan fingerprint density at radius 2 is 2.20 bits per heavy atom. The fraction of sp³-hybridized carbons (Fsp3) is 0.714. The largest absolute Gasteiger partial charge is 0.315 e. The summed E-state index contributed by atoms with van der Waals surface area (Å²) in [5, 5.41) is 3.10. The molecule has 0 amide bonds. The first-order chi connectivity index (χ1) is 4.31. The molecular weight excluding hydrogens is 260 g/mol. The lowest BCUT2D eigenvalue weighted by Gasteiger charge is -2.00. The maximum absolute atomic E-state index is 3.97. The highest BCUT2D eigenvalue weighted by Crippen LogP contribution is 2.21. The van der Waals surface area contributed by atoms with Gasteiger partial charge < -0.3 is 5.32 Å². The third kappa shape index (κ3) is 8.72. The molecule has 0 bridgehead atoms. The van der Waals surface area contributed by atoms with Crippen molar-refractivity contribution in [1.29, 1.82) is 0 Å². The SMILES string of the molecule is C=C(CNC)[I]CCC.Cl. The third-order valence-electron chi connectivity index (χ3n) is 0.841. The molecule has 0 aliphatic rings. The summed E-state index contributed by atoms with van der Waals surface area (Å²) in [5.41, 5.74) is 0. The van der Waals surface area contributed by atoms with Crippen molar-refractivity contribution < 1.29 is 0 Å². The Morgan fingerprint density at radius 1 is 1.60 bits per heavy atom. The lowest BCUT2D eigenvalue weighted by molar-refractivity contribution is 0.917. The van der Waals surface area contributed by atoms with Gasteiger partial charge in [0.1, 0.15) is 0 Å². The van der Waals surface area contributed by atoms with E-state index in [4.69, 9.17) is 0 Å². The normalized spacial score (nSPS) is 8.60. The van der Waals surface area contributed by atoms with E-state index >= 15 is 0 Å². The molecule has 1 radical (unpaired) electrons. The van der Waals surface area contributed by atoms with E-state index in [0.29, 0.717) is 21.2 Å². The smallest absolute Gasteiger partial charge is 0.0247 e. The van der Waals surface area contributed by atoms with Crippen molar-refractivity contribution in [3.05, 3.63) is 10.2 Å². The summed E-state index contributed by atoms with van der Waals surface area (Å²) in [6.45, 7) is 7.22. The van der Waals surface area contributed by atoms with E-state index in [2.05, 4.69) is 18.8 Å². The molecule has 0 aliphatic heterocycles. The Morgan fingerprint density at radius 3 is 2.60 bits per heavy atom. The zero-order valence-electron chi connectivity index (χ0n) is 6.61. The van der Waals surface area contributed by atoms with Crippen molar-refractivity contribution in [2.75, 3.05) is 18.0 Å². The second-order valence-electron chi connectivity index (χ2n) is 1.87. The van der Waals surface area contributed by atoms with Crippen LogP contribution in [0, 0.1) is 0 Å². The highest BCUT2D eigenvalue weighted by atomic mass is 127. The second kappa shape index (κ2) is 9.72. The molecule has 0 aromatic heterocycles. The molecule has 0 atom stereocenters. The first-order valence-corrected chi connectivity index (χ1v) is 5.83. The van der Waals surface area contributed by atoms with Crippen LogP contribution in [0.4, 0.5) is 0 Å². The predicted molar refractivity (Wildman–Crippen MR) is 59.5 cm³/mol. The molecule has 0 fully saturated rings. The number of hydrogen-bond donors (Lipinski definition) is 1. The Labute approximate surface area is 80.3 Å². The number of nitrogens with one attached hydrogen (secondary N) is 1. The molecule has 1 N–H and O–H groups in total. The molecule has 1 nitrogen and oxygen atoms in total. The van der Waals surface area contributed by atoms with Gasteiger partial charge in [0, 0.05) is 6.54 Å². The Balaban J connectivity index is 0. The summed E-state index contributed by atoms with van der Waals surface area (Å²) in [4.78, 5) is 0. The van der Waals surface area contributed by atoms with Gasteiger partial charge in [0.05, 0.1) is 0 Å². The van der Waals surface area contributed by atoms with Gasteiger partial charge in [-0.25, -0.2) is 0 Å². The van der Waals surface area contributed by atoms with Crippen LogP contribution in [0.25, 0.3) is 0 Å². The lowest BCUT2D eigenvalue weighted by atomic mass is 10.6. The van der Waals surface area contributed by atoms with E-state index in [1.165, 1.54) is 14.4 Å². The van der Waals surface area contributed by atoms with Crippen molar-refractivity contribution in [1.82, 2.24) is 5.32 Å². The van der Waals surface area contributed by atoms with Gasteiger partial charge >= 0.3 is 0 Å². The first-order valence-electron chi connectivity index (χ1n) is 3.22. The van der Waals surface area contributed by atoms with E-state index in [9.17, 15) is 0 Å². The quantitative estimate of drug-likeness (QED) is 0.601. The average molecular weight is 277 g/mol. The molecule has 0 aromatic carbocycles. The minimum Gasteiger partial charge on any atom is -0.315 e. The predicted octanol–water partition coefficient (Wildman–Crippen LogP) is 2.52. The maximum Gasteiger partial charge on any atom is 0.0247 e. The average Bonchev–Trinajstić information content (AvgIpc) is 1.85. The first kappa shape index (κ1) is 13.3. The summed E-state index contributed by atoms with van der Waals surface area (Å²) in [6.07, 6.45) is 1.32. The summed E-state index contributed by atoms with van der Waals surface area (Å²) in [6, 6.07) is 0. The molecule has 0 saturated heterocycles. The molecule has 10 heavy (non-hydrogen) atoms. The van der Waals surface area contributed by atoms with Crippen molar-refractivity contribution >= 4 is 33.6 Å². The second-order valence-corrected chi connectivity index (χ2v) is 5.24. The molecule has 3 heteroatoms. The number of likely N-dealkylation sites (N-methyl/N-ethyl adjacent to an activating group) is 1. The minimum atomic E-state index is 0. The zero-order chi connectivity index (χ0) is 7.11. The van der Waals surface area contributed by atoms with Crippen LogP contribution in [0.3, 0.4) is 0 Å². The lowest BCUT2D eigenvalue weighted by Crippen LogP contribution is -2.07. The Hall–Kier alpha value is 0.720. The van der Waals surface area contributed by atoms with Crippen LogP contribution < -0.4 is 5.32 Å². The summed E-state index contributed by atoms with van der Waals surface area (Å²) in [7, 11) is 1.97. The number of hydrogen-bond acceptors (Lipinski definition) is 1. The van der Waals surface area contributed by atoms with Crippen LogP contribution in [-0.2, 0) is 0 Å². The van der Waals surface area contributed by atoms with Crippen LogP contribution >= 0.6 is 33.6 Å². The monoisotopic (exact) mass is 276 g/mol. The van der Waals surface area contributed by atoms with Gasteiger partial charge in [-0.15, -0.1) is 33.6 Å². The van der Waals surface area contributed by atoms with E-state index < -0.39 is 0 Å². The molecule has 0 heterocycles. The molecular formula is C7H16ClIN. The highest BCUT2D eigenvalue weighted by molar-refractivity contribution is 14.2.